The van der Waals surface area contributed by atoms with Gasteiger partial charge in [0.1, 0.15) is 5.65 Å². The van der Waals surface area contributed by atoms with Gasteiger partial charge in [0, 0.05) is 18.4 Å². The lowest BCUT2D eigenvalue weighted by Crippen LogP contribution is -2.19. The molecule has 0 aliphatic carbocycles. The zero-order chi connectivity index (χ0) is 17.3. The Kier molecular flexibility index (Phi) is 4.36. The number of aromatic nitrogens is 2. The van der Waals surface area contributed by atoms with Crippen LogP contribution in [0.5, 0.6) is 0 Å². The maximum atomic E-state index is 12.8. The van der Waals surface area contributed by atoms with E-state index in [4.69, 9.17) is 0 Å². The molecule has 3 rings (SSSR count). The number of benzene rings is 1. The lowest BCUT2D eigenvalue weighted by molar-refractivity contribution is 0.102. The van der Waals surface area contributed by atoms with E-state index in [0.717, 1.165) is 28.2 Å². The van der Waals surface area contributed by atoms with E-state index < -0.39 is 0 Å². The van der Waals surface area contributed by atoms with Gasteiger partial charge < -0.3 is 14.6 Å². The SMILES string of the molecule is Cc1cc(C)cc(NC(=O)c2nc3ccccn3c2CN(C)C)c1. The molecule has 0 bridgehead atoms. The predicted molar refractivity (Wildman–Crippen MR) is 96.5 cm³/mol. The third kappa shape index (κ3) is 3.31. The molecule has 0 saturated carbocycles. The van der Waals surface area contributed by atoms with Crippen molar-refractivity contribution in [3.8, 4) is 0 Å². The number of hydrogen-bond acceptors (Lipinski definition) is 3. The number of nitrogens with zero attached hydrogens (tertiary/aromatic N) is 3. The Morgan fingerprint density at radius 1 is 1.17 bits per heavy atom. The van der Waals surface area contributed by atoms with E-state index in [9.17, 15) is 4.79 Å². The number of hydrogen-bond donors (Lipinski definition) is 1. The lowest BCUT2D eigenvalue weighted by atomic mass is 10.1. The second-order valence-electron chi connectivity index (χ2n) is 6.40. The summed E-state index contributed by atoms with van der Waals surface area (Å²) in [6, 6.07) is 11.8. The minimum Gasteiger partial charge on any atom is -0.321 e. The van der Waals surface area contributed by atoms with Gasteiger partial charge in [-0.05, 0) is 63.3 Å². The minimum absolute atomic E-state index is 0.180. The highest BCUT2D eigenvalue weighted by atomic mass is 16.1. The smallest absolute Gasteiger partial charge is 0.276 e. The van der Waals surface area contributed by atoms with E-state index in [1.54, 1.807) is 0 Å². The molecule has 1 N–H and O–H groups in total. The standard InChI is InChI=1S/C19H22N4O/c1-13-9-14(2)11-15(10-13)20-19(24)18-16(12-22(3)4)23-8-6-5-7-17(23)21-18/h5-11H,12H2,1-4H3,(H,20,24). The van der Waals surface area contributed by atoms with E-state index in [0.29, 0.717) is 12.2 Å². The maximum absolute atomic E-state index is 12.8. The number of nitrogens with one attached hydrogen (secondary N) is 1. The monoisotopic (exact) mass is 322 g/mol. The Morgan fingerprint density at radius 3 is 2.54 bits per heavy atom. The molecule has 0 fully saturated rings. The molecule has 0 atom stereocenters. The van der Waals surface area contributed by atoms with Crippen LogP contribution in [0.15, 0.2) is 42.6 Å². The van der Waals surface area contributed by atoms with Gasteiger partial charge in [0.25, 0.3) is 5.91 Å². The maximum Gasteiger partial charge on any atom is 0.276 e. The number of aryl methyl sites for hydroxylation is 2. The first-order chi connectivity index (χ1) is 11.4. The van der Waals surface area contributed by atoms with Gasteiger partial charge in [-0.1, -0.05) is 12.1 Å². The number of pyridine rings is 1. The largest absolute Gasteiger partial charge is 0.321 e. The summed E-state index contributed by atoms with van der Waals surface area (Å²) in [5.74, 6) is -0.180. The van der Waals surface area contributed by atoms with Crippen LogP contribution in [-0.4, -0.2) is 34.3 Å². The molecule has 1 aromatic carbocycles. The van der Waals surface area contributed by atoms with Gasteiger partial charge in [0.05, 0.1) is 5.69 Å². The van der Waals surface area contributed by atoms with Crippen LogP contribution < -0.4 is 5.32 Å². The average molecular weight is 322 g/mol. The van der Waals surface area contributed by atoms with Crippen molar-refractivity contribution in [2.24, 2.45) is 0 Å². The first-order valence-electron chi connectivity index (χ1n) is 7.94. The fourth-order valence-electron chi connectivity index (χ4n) is 2.92. The zero-order valence-corrected chi connectivity index (χ0v) is 14.5. The summed E-state index contributed by atoms with van der Waals surface area (Å²) in [5.41, 5.74) is 5.17. The predicted octanol–water partition coefficient (Wildman–Crippen LogP) is 3.27. The van der Waals surface area contributed by atoms with E-state index in [2.05, 4.69) is 16.4 Å². The molecule has 0 saturated heterocycles. The van der Waals surface area contributed by atoms with Gasteiger partial charge in [0.2, 0.25) is 0 Å². The third-order valence-electron chi connectivity index (χ3n) is 3.79. The summed E-state index contributed by atoms with van der Waals surface area (Å²) in [6.45, 7) is 4.68. The van der Waals surface area contributed by atoms with Crippen LogP contribution in [0, 0.1) is 13.8 Å². The molecule has 124 valence electrons. The van der Waals surface area contributed by atoms with Crippen molar-refractivity contribution in [3.05, 3.63) is 65.1 Å². The highest BCUT2D eigenvalue weighted by Gasteiger charge is 2.19. The van der Waals surface area contributed by atoms with Crippen molar-refractivity contribution >= 4 is 17.2 Å². The highest BCUT2D eigenvalue weighted by Crippen LogP contribution is 2.18. The van der Waals surface area contributed by atoms with Gasteiger partial charge in [0.15, 0.2) is 5.69 Å². The van der Waals surface area contributed by atoms with E-state index in [-0.39, 0.29) is 5.91 Å². The molecule has 0 spiro atoms. The van der Waals surface area contributed by atoms with Gasteiger partial charge in [-0.15, -0.1) is 0 Å². The number of carbonyl (C=O) groups is 1. The third-order valence-corrected chi connectivity index (χ3v) is 3.79. The van der Waals surface area contributed by atoms with Gasteiger partial charge in [-0.3, -0.25) is 4.79 Å². The number of amides is 1. The number of imidazole rings is 1. The molecular weight excluding hydrogens is 300 g/mol. The van der Waals surface area contributed by atoms with Crippen LogP contribution in [0.3, 0.4) is 0 Å². The van der Waals surface area contributed by atoms with Crippen molar-refractivity contribution in [2.75, 3.05) is 19.4 Å². The Labute approximate surface area is 141 Å². The van der Waals surface area contributed by atoms with Crippen molar-refractivity contribution < 1.29 is 4.79 Å². The lowest BCUT2D eigenvalue weighted by Gasteiger charge is -2.12. The Bertz CT molecular complexity index is 875. The van der Waals surface area contributed by atoms with Gasteiger partial charge in [-0.2, -0.15) is 0 Å². The molecule has 0 aliphatic rings. The molecule has 0 unspecified atom stereocenters. The molecule has 5 nitrogen and oxygen atoms in total. The summed E-state index contributed by atoms with van der Waals surface area (Å²) in [5, 5.41) is 2.98. The topological polar surface area (TPSA) is 49.6 Å². The highest BCUT2D eigenvalue weighted by molar-refractivity contribution is 6.04. The fraction of sp³-hybridized carbons (Fsp3) is 0.263. The summed E-state index contributed by atoms with van der Waals surface area (Å²) in [6.07, 6.45) is 1.94. The van der Waals surface area contributed by atoms with Crippen molar-refractivity contribution in [1.29, 1.82) is 0 Å². The van der Waals surface area contributed by atoms with Crippen LogP contribution in [-0.2, 0) is 6.54 Å². The molecule has 0 radical (unpaired) electrons. The number of anilines is 1. The summed E-state index contributed by atoms with van der Waals surface area (Å²) < 4.78 is 1.97. The van der Waals surface area contributed by atoms with Crippen LogP contribution in [0.4, 0.5) is 5.69 Å². The van der Waals surface area contributed by atoms with Crippen LogP contribution in [0.25, 0.3) is 5.65 Å². The van der Waals surface area contributed by atoms with E-state index in [1.807, 2.05) is 73.8 Å². The van der Waals surface area contributed by atoms with Crippen molar-refractivity contribution in [1.82, 2.24) is 14.3 Å². The van der Waals surface area contributed by atoms with E-state index >= 15 is 0 Å². The fourth-order valence-corrected chi connectivity index (χ4v) is 2.92. The second-order valence-corrected chi connectivity index (χ2v) is 6.40. The van der Waals surface area contributed by atoms with Crippen LogP contribution in [0.1, 0.15) is 27.3 Å². The van der Waals surface area contributed by atoms with Crippen LogP contribution in [0.2, 0.25) is 0 Å². The molecule has 2 heterocycles. The molecule has 3 aromatic rings. The average Bonchev–Trinajstić information content (AvgIpc) is 2.84. The van der Waals surface area contributed by atoms with Gasteiger partial charge >= 0.3 is 0 Å². The minimum atomic E-state index is -0.180. The summed E-state index contributed by atoms with van der Waals surface area (Å²) in [7, 11) is 3.96. The molecule has 5 heteroatoms. The second kappa shape index (κ2) is 6.45. The molecule has 2 aromatic heterocycles. The summed E-state index contributed by atoms with van der Waals surface area (Å²) in [4.78, 5) is 19.4. The van der Waals surface area contributed by atoms with E-state index in [1.165, 1.54) is 0 Å². The molecule has 0 aliphatic heterocycles. The zero-order valence-electron chi connectivity index (χ0n) is 14.5. The quantitative estimate of drug-likeness (QED) is 0.802. The Hall–Kier alpha value is -2.66. The molecule has 24 heavy (non-hydrogen) atoms. The van der Waals surface area contributed by atoms with Crippen molar-refractivity contribution in [3.63, 3.8) is 0 Å². The van der Waals surface area contributed by atoms with Gasteiger partial charge in [-0.25, -0.2) is 4.98 Å². The molecular formula is C19H22N4O. The number of fused-ring (bicyclic) bond motifs is 1. The van der Waals surface area contributed by atoms with Crippen molar-refractivity contribution in [2.45, 2.75) is 20.4 Å². The number of carbonyl (C=O) groups excluding carboxylic acids is 1. The van der Waals surface area contributed by atoms with Crippen LogP contribution >= 0.6 is 0 Å². The Morgan fingerprint density at radius 2 is 1.88 bits per heavy atom. The first-order valence-corrected chi connectivity index (χ1v) is 7.94. The Balaban J connectivity index is 1.99. The summed E-state index contributed by atoms with van der Waals surface area (Å²) >= 11 is 0. The number of rotatable bonds is 4. The molecule has 1 amide bonds. The normalized spacial score (nSPS) is 11.2. The first kappa shape index (κ1) is 16.2.